The summed E-state index contributed by atoms with van der Waals surface area (Å²) in [6, 6.07) is 32.0. The molecule has 4 aromatic carbocycles. The molecule has 1 aliphatic rings. The molecular weight excluding hydrogens is 608 g/mol. The molecular formula is C40H49FO5Si. The van der Waals surface area contributed by atoms with Crippen LogP contribution in [0.15, 0.2) is 97.1 Å². The number of ether oxygens (including phenoxy) is 4. The van der Waals surface area contributed by atoms with E-state index < -0.39 is 8.32 Å². The number of hydrogen-bond acceptors (Lipinski definition) is 5. The number of benzene rings is 4. The van der Waals surface area contributed by atoms with Gasteiger partial charge in [0.2, 0.25) is 0 Å². The zero-order valence-corrected chi connectivity index (χ0v) is 29.6. The second-order valence-corrected chi connectivity index (χ2v) is 17.8. The molecule has 0 aliphatic carbocycles. The summed E-state index contributed by atoms with van der Waals surface area (Å²) in [6.07, 6.45) is 2.30. The highest BCUT2D eigenvalue weighted by atomic mass is 28.4. The van der Waals surface area contributed by atoms with Gasteiger partial charge in [0.1, 0.15) is 23.9 Å². The molecule has 1 heterocycles. The highest BCUT2D eigenvalue weighted by molar-refractivity contribution is 6.99. The summed E-state index contributed by atoms with van der Waals surface area (Å²) in [5.41, 5.74) is 3.43. The first-order chi connectivity index (χ1) is 22.6. The molecule has 4 aromatic rings. The van der Waals surface area contributed by atoms with E-state index in [1.165, 1.54) is 28.1 Å². The van der Waals surface area contributed by atoms with Crippen molar-refractivity contribution < 1.29 is 27.8 Å². The van der Waals surface area contributed by atoms with Crippen LogP contribution in [0.4, 0.5) is 4.39 Å². The van der Waals surface area contributed by atoms with Crippen molar-refractivity contribution in [1.82, 2.24) is 0 Å². The molecule has 0 spiro atoms. The van der Waals surface area contributed by atoms with Crippen LogP contribution < -0.4 is 19.8 Å². The molecule has 1 saturated heterocycles. The van der Waals surface area contributed by atoms with E-state index in [2.05, 4.69) is 107 Å². The fraction of sp³-hybridized carbons (Fsp3) is 0.400. The van der Waals surface area contributed by atoms with Crippen molar-refractivity contribution >= 4 is 18.7 Å². The van der Waals surface area contributed by atoms with Crippen molar-refractivity contribution in [3.8, 4) is 11.5 Å². The van der Waals surface area contributed by atoms with Gasteiger partial charge >= 0.3 is 0 Å². The highest BCUT2D eigenvalue weighted by Crippen LogP contribution is 2.39. The predicted octanol–water partition coefficient (Wildman–Crippen LogP) is 7.93. The monoisotopic (exact) mass is 656 g/mol. The minimum absolute atomic E-state index is 0.0733. The zero-order chi connectivity index (χ0) is 33.4. The Morgan fingerprint density at radius 1 is 0.830 bits per heavy atom. The lowest BCUT2D eigenvalue weighted by atomic mass is 10.0. The molecule has 0 amide bonds. The topological polar surface area (TPSA) is 46.2 Å². The van der Waals surface area contributed by atoms with Crippen LogP contribution in [0.5, 0.6) is 11.5 Å². The average molecular weight is 657 g/mol. The molecule has 3 atom stereocenters. The molecule has 250 valence electrons. The minimum Gasteiger partial charge on any atom is -0.494 e. The van der Waals surface area contributed by atoms with E-state index in [4.69, 9.17) is 23.4 Å². The third-order valence-electron chi connectivity index (χ3n) is 8.93. The number of methoxy groups -OCH3 is 1. The third-order valence-corrected chi connectivity index (χ3v) is 14.0. The van der Waals surface area contributed by atoms with E-state index in [1.807, 2.05) is 0 Å². The molecule has 47 heavy (non-hydrogen) atoms. The van der Waals surface area contributed by atoms with E-state index in [0.29, 0.717) is 31.8 Å². The first kappa shape index (κ1) is 34.8. The van der Waals surface area contributed by atoms with Gasteiger partial charge in [-0.3, -0.25) is 0 Å². The Kier molecular flexibility index (Phi) is 11.6. The summed E-state index contributed by atoms with van der Waals surface area (Å²) in [5.74, 6) is 1.29. The molecule has 1 aliphatic heterocycles. The molecule has 0 saturated carbocycles. The van der Waals surface area contributed by atoms with Crippen molar-refractivity contribution in [1.29, 1.82) is 0 Å². The summed E-state index contributed by atoms with van der Waals surface area (Å²) in [5, 5.41) is 2.39. The Morgan fingerprint density at radius 3 is 2.06 bits per heavy atom. The predicted molar refractivity (Wildman–Crippen MR) is 189 cm³/mol. The second kappa shape index (κ2) is 15.6. The average Bonchev–Trinajstić information content (AvgIpc) is 3.06. The summed E-state index contributed by atoms with van der Waals surface area (Å²) in [4.78, 5) is 0. The van der Waals surface area contributed by atoms with Crippen LogP contribution in [0.1, 0.15) is 56.7 Å². The highest BCUT2D eigenvalue weighted by Gasteiger charge is 2.52. The number of rotatable bonds is 13. The Bertz CT molecular complexity index is 1520. The van der Waals surface area contributed by atoms with Crippen LogP contribution in [0.3, 0.4) is 0 Å². The van der Waals surface area contributed by atoms with Crippen LogP contribution in [-0.2, 0) is 20.3 Å². The summed E-state index contributed by atoms with van der Waals surface area (Å²) in [7, 11) is -1.05. The van der Waals surface area contributed by atoms with E-state index in [-0.39, 0.29) is 29.4 Å². The maximum atomic E-state index is 13.3. The normalized spacial score (nSPS) is 18.6. The maximum Gasteiger partial charge on any atom is 0.261 e. The van der Waals surface area contributed by atoms with Gasteiger partial charge in [0.15, 0.2) is 6.29 Å². The smallest absolute Gasteiger partial charge is 0.261 e. The van der Waals surface area contributed by atoms with E-state index in [0.717, 1.165) is 29.7 Å². The van der Waals surface area contributed by atoms with Crippen LogP contribution in [0.2, 0.25) is 5.04 Å². The minimum atomic E-state index is -2.75. The maximum absolute atomic E-state index is 13.3. The third kappa shape index (κ3) is 8.51. The molecule has 5 nitrogen and oxygen atoms in total. The van der Waals surface area contributed by atoms with Crippen LogP contribution in [0.25, 0.3) is 0 Å². The SMILES string of the molecule is COC1CC(O[Si](c2ccccc2)(c2ccccc2)C(C)(C)C)CC(COc2c(C)cc(C)cc2CCCOc2ccc(F)cc2)O1. The van der Waals surface area contributed by atoms with Crippen LogP contribution >= 0.6 is 0 Å². The standard InChI is InChI=1S/C40H49FO5Si/c1-29-24-30(2)39(31(25-29)14-13-23-43-33-21-19-32(41)20-22-33)44-28-35-26-34(27-38(42-6)45-35)46-47(40(3,4)5,36-15-9-7-10-16-36)37-17-11-8-12-18-37/h7-12,15-22,24-25,34-35,38H,13-14,23,26-28H2,1-6H3. The van der Waals surface area contributed by atoms with Gasteiger partial charge in [-0.25, -0.2) is 4.39 Å². The molecule has 1 fully saturated rings. The van der Waals surface area contributed by atoms with Crippen molar-refractivity contribution in [3.63, 3.8) is 0 Å². The van der Waals surface area contributed by atoms with E-state index in [9.17, 15) is 4.39 Å². The van der Waals surface area contributed by atoms with Gasteiger partial charge in [-0.15, -0.1) is 0 Å². The lowest BCUT2D eigenvalue weighted by Crippen LogP contribution is -2.68. The van der Waals surface area contributed by atoms with Crippen molar-refractivity contribution in [2.45, 2.75) is 83.8 Å². The molecule has 7 heteroatoms. The summed E-state index contributed by atoms with van der Waals surface area (Å²) >= 11 is 0. The molecule has 0 radical (unpaired) electrons. The van der Waals surface area contributed by atoms with E-state index in [1.54, 1.807) is 19.2 Å². The second-order valence-electron chi connectivity index (χ2n) is 13.6. The Hall–Kier alpha value is -3.49. The molecule has 0 N–H and O–H groups in total. The Morgan fingerprint density at radius 2 is 1.47 bits per heavy atom. The number of hydrogen-bond donors (Lipinski definition) is 0. The fourth-order valence-corrected chi connectivity index (χ4v) is 11.5. The summed E-state index contributed by atoms with van der Waals surface area (Å²) < 4.78 is 45.4. The zero-order valence-electron chi connectivity index (χ0n) is 28.6. The lowest BCUT2D eigenvalue weighted by Gasteiger charge is -2.47. The first-order valence-electron chi connectivity index (χ1n) is 16.7. The van der Waals surface area contributed by atoms with Gasteiger partial charge in [0.05, 0.1) is 18.8 Å². The van der Waals surface area contributed by atoms with E-state index >= 15 is 0 Å². The van der Waals surface area contributed by atoms with Gasteiger partial charge in [-0.05, 0) is 77.5 Å². The van der Waals surface area contributed by atoms with Crippen molar-refractivity contribution in [2.24, 2.45) is 0 Å². The molecule has 5 rings (SSSR count). The van der Waals surface area contributed by atoms with Gasteiger partial charge in [-0.1, -0.05) is 99.1 Å². The quantitative estimate of drug-likeness (QED) is 0.108. The van der Waals surface area contributed by atoms with Crippen LogP contribution in [-0.4, -0.2) is 47.1 Å². The van der Waals surface area contributed by atoms with Crippen LogP contribution in [0, 0.1) is 19.7 Å². The van der Waals surface area contributed by atoms with Crippen molar-refractivity contribution in [3.05, 3.63) is 120 Å². The van der Waals surface area contributed by atoms with Gasteiger partial charge in [0, 0.05) is 20.0 Å². The van der Waals surface area contributed by atoms with Gasteiger partial charge in [0.25, 0.3) is 8.32 Å². The Balaban J connectivity index is 1.32. The number of aryl methyl sites for hydroxylation is 3. The number of halogens is 1. The molecule has 3 unspecified atom stereocenters. The largest absolute Gasteiger partial charge is 0.494 e. The molecule has 0 bridgehead atoms. The van der Waals surface area contributed by atoms with Gasteiger partial charge < -0.3 is 23.4 Å². The van der Waals surface area contributed by atoms with Crippen molar-refractivity contribution in [2.75, 3.05) is 20.3 Å². The first-order valence-corrected chi connectivity index (χ1v) is 18.6. The van der Waals surface area contributed by atoms with Gasteiger partial charge in [-0.2, -0.15) is 0 Å². The lowest BCUT2D eigenvalue weighted by molar-refractivity contribution is -0.206. The Labute approximate surface area is 281 Å². The summed E-state index contributed by atoms with van der Waals surface area (Å²) in [6.45, 7) is 12.0. The fourth-order valence-electron chi connectivity index (χ4n) is 6.82. The molecule has 0 aromatic heterocycles.